The molecule has 4 nitrogen and oxygen atoms in total. The molecule has 1 aromatic carbocycles. The molecular formula is C14H21N3O. The van der Waals surface area contributed by atoms with Gasteiger partial charge in [-0.15, -0.1) is 0 Å². The molecule has 0 bridgehead atoms. The minimum Gasteiger partial charge on any atom is -0.497 e. The van der Waals surface area contributed by atoms with E-state index in [1.165, 1.54) is 5.56 Å². The predicted molar refractivity (Wildman–Crippen MR) is 74.0 cm³/mol. The molecule has 4 heteroatoms. The van der Waals surface area contributed by atoms with E-state index in [0.29, 0.717) is 5.96 Å². The lowest BCUT2D eigenvalue weighted by Crippen LogP contribution is -2.50. The Hall–Kier alpha value is -1.71. The highest BCUT2D eigenvalue weighted by molar-refractivity contribution is 5.81. The molecule has 18 heavy (non-hydrogen) atoms. The summed E-state index contributed by atoms with van der Waals surface area (Å²) in [5, 5.41) is 0. The van der Waals surface area contributed by atoms with Crippen LogP contribution >= 0.6 is 0 Å². The molecule has 1 heterocycles. The first-order chi connectivity index (χ1) is 8.59. The van der Waals surface area contributed by atoms with Crippen LogP contribution in [0.2, 0.25) is 0 Å². The first-order valence-corrected chi connectivity index (χ1v) is 6.29. The third-order valence-electron chi connectivity index (χ3n) is 3.57. The standard InChI is InChI=1S/C14H21N3O/c1-4-17-13(15)16-10-14(17,2)9-11-5-7-12(18-3)8-6-11/h5-8H,4,9-10H2,1-3H3,(H2,15,16). The molecule has 0 aliphatic carbocycles. The van der Waals surface area contributed by atoms with E-state index in [0.717, 1.165) is 25.3 Å². The van der Waals surface area contributed by atoms with Crippen LogP contribution in [0.15, 0.2) is 29.3 Å². The van der Waals surface area contributed by atoms with Crippen molar-refractivity contribution in [3.05, 3.63) is 29.8 Å². The van der Waals surface area contributed by atoms with Crippen LogP contribution < -0.4 is 10.5 Å². The van der Waals surface area contributed by atoms with E-state index in [1.807, 2.05) is 12.1 Å². The first kappa shape index (κ1) is 12.7. The number of ether oxygens (including phenoxy) is 1. The number of methoxy groups -OCH3 is 1. The predicted octanol–water partition coefficient (Wildman–Crippen LogP) is 1.65. The fraction of sp³-hybridized carbons (Fsp3) is 0.500. The molecule has 0 radical (unpaired) electrons. The van der Waals surface area contributed by atoms with Gasteiger partial charge in [-0.05, 0) is 38.0 Å². The lowest BCUT2D eigenvalue weighted by atomic mass is 9.92. The van der Waals surface area contributed by atoms with Crippen molar-refractivity contribution >= 4 is 5.96 Å². The summed E-state index contributed by atoms with van der Waals surface area (Å²) in [6.45, 7) is 5.98. The molecule has 2 rings (SSSR count). The second kappa shape index (κ2) is 4.88. The fourth-order valence-electron chi connectivity index (χ4n) is 2.58. The number of benzene rings is 1. The highest BCUT2D eigenvalue weighted by Crippen LogP contribution is 2.26. The van der Waals surface area contributed by atoms with Crippen molar-refractivity contribution in [2.75, 3.05) is 20.2 Å². The smallest absolute Gasteiger partial charge is 0.191 e. The van der Waals surface area contributed by atoms with Crippen LogP contribution in [0.5, 0.6) is 5.75 Å². The van der Waals surface area contributed by atoms with Crippen molar-refractivity contribution in [1.82, 2.24) is 4.90 Å². The molecule has 0 fully saturated rings. The molecule has 1 unspecified atom stereocenters. The van der Waals surface area contributed by atoms with E-state index in [4.69, 9.17) is 10.5 Å². The number of aliphatic imine (C=N–C) groups is 1. The summed E-state index contributed by atoms with van der Waals surface area (Å²) in [5.41, 5.74) is 7.19. The van der Waals surface area contributed by atoms with Crippen LogP contribution in [0, 0.1) is 0 Å². The van der Waals surface area contributed by atoms with Crippen molar-refractivity contribution in [2.24, 2.45) is 10.7 Å². The minimum absolute atomic E-state index is 0.00653. The summed E-state index contributed by atoms with van der Waals surface area (Å²) in [4.78, 5) is 6.54. The van der Waals surface area contributed by atoms with Gasteiger partial charge in [-0.1, -0.05) is 12.1 Å². The quantitative estimate of drug-likeness (QED) is 0.880. The second-order valence-electron chi connectivity index (χ2n) is 4.94. The van der Waals surface area contributed by atoms with Gasteiger partial charge in [-0.2, -0.15) is 0 Å². The summed E-state index contributed by atoms with van der Waals surface area (Å²) in [5.74, 6) is 1.55. The SMILES string of the molecule is CCN1C(N)=NCC1(C)Cc1ccc(OC)cc1. The third-order valence-corrected chi connectivity index (χ3v) is 3.57. The van der Waals surface area contributed by atoms with Gasteiger partial charge in [-0.3, -0.25) is 4.99 Å². The van der Waals surface area contributed by atoms with Gasteiger partial charge < -0.3 is 15.4 Å². The highest BCUT2D eigenvalue weighted by Gasteiger charge is 2.36. The largest absolute Gasteiger partial charge is 0.497 e. The minimum atomic E-state index is -0.00653. The molecule has 0 saturated carbocycles. The van der Waals surface area contributed by atoms with Gasteiger partial charge in [0.15, 0.2) is 5.96 Å². The molecule has 1 atom stereocenters. The van der Waals surface area contributed by atoms with E-state index in [9.17, 15) is 0 Å². The summed E-state index contributed by atoms with van der Waals surface area (Å²) in [7, 11) is 1.68. The Kier molecular flexibility index (Phi) is 3.45. The number of nitrogens with two attached hydrogens (primary N) is 1. The van der Waals surface area contributed by atoms with Crippen molar-refractivity contribution in [1.29, 1.82) is 0 Å². The zero-order valence-corrected chi connectivity index (χ0v) is 11.3. The highest BCUT2D eigenvalue weighted by atomic mass is 16.5. The maximum Gasteiger partial charge on any atom is 0.191 e. The van der Waals surface area contributed by atoms with E-state index < -0.39 is 0 Å². The Morgan fingerprint density at radius 2 is 2.06 bits per heavy atom. The first-order valence-electron chi connectivity index (χ1n) is 6.29. The molecule has 1 aliphatic heterocycles. The average Bonchev–Trinajstić information content (AvgIpc) is 2.65. The summed E-state index contributed by atoms with van der Waals surface area (Å²) >= 11 is 0. The maximum atomic E-state index is 5.92. The van der Waals surface area contributed by atoms with Gasteiger partial charge in [0.25, 0.3) is 0 Å². The van der Waals surface area contributed by atoms with E-state index in [2.05, 4.69) is 35.9 Å². The monoisotopic (exact) mass is 247 g/mol. The Labute approximate surface area is 108 Å². The third kappa shape index (κ3) is 2.28. The van der Waals surface area contributed by atoms with Crippen molar-refractivity contribution in [3.63, 3.8) is 0 Å². The lowest BCUT2D eigenvalue weighted by Gasteiger charge is -2.35. The number of hydrogen-bond donors (Lipinski definition) is 1. The van der Waals surface area contributed by atoms with Crippen molar-refractivity contribution in [2.45, 2.75) is 25.8 Å². The van der Waals surface area contributed by atoms with Gasteiger partial charge in [-0.25, -0.2) is 0 Å². The number of hydrogen-bond acceptors (Lipinski definition) is 4. The molecule has 1 aliphatic rings. The molecule has 0 saturated heterocycles. The van der Waals surface area contributed by atoms with Crippen molar-refractivity contribution < 1.29 is 4.74 Å². The molecule has 0 aromatic heterocycles. The molecule has 0 amide bonds. The van der Waals surface area contributed by atoms with Gasteiger partial charge in [0.05, 0.1) is 19.2 Å². The van der Waals surface area contributed by atoms with Crippen molar-refractivity contribution in [3.8, 4) is 5.75 Å². The van der Waals surface area contributed by atoms with Crippen LogP contribution in [-0.4, -0.2) is 36.6 Å². The van der Waals surface area contributed by atoms with E-state index in [1.54, 1.807) is 7.11 Å². The van der Waals surface area contributed by atoms with Gasteiger partial charge in [0.2, 0.25) is 0 Å². The molecule has 1 aromatic rings. The fourth-order valence-corrected chi connectivity index (χ4v) is 2.58. The van der Waals surface area contributed by atoms with Crippen LogP contribution in [0.1, 0.15) is 19.4 Å². The lowest BCUT2D eigenvalue weighted by molar-refractivity contribution is 0.230. The molecule has 98 valence electrons. The van der Waals surface area contributed by atoms with Gasteiger partial charge >= 0.3 is 0 Å². The van der Waals surface area contributed by atoms with E-state index >= 15 is 0 Å². The molecule has 0 spiro atoms. The normalized spacial score (nSPS) is 23.1. The molecular weight excluding hydrogens is 226 g/mol. The Balaban J connectivity index is 2.12. The summed E-state index contributed by atoms with van der Waals surface area (Å²) in [6, 6.07) is 8.20. The van der Waals surface area contributed by atoms with E-state index in [-0.39, 0.29) is 5.54 Å². The summed E-state index contributed by atoms with van der Waals surface area (Å²) < 4.78 is 5.17. The maximum absolute atomic E-state index is 5.92. The topological polar surface area (TPSA) is 50.8 Å². The van der Waals surface area contributed by atoms with Crippen LogP contribution in [-0.2, 0) is 6.42 Å². The Bertz CT molecular complexity index is 441. The van der Waals surface area contributed by atoms with Crippen LogP contribution in [0.25, 0.3) is 0 Å². The Morgan fingerprint density at radius 3 is 2.61 bits per heavy atom. The molecule has 2 N–H and O–H groups in total. The number of guanidine groups is 1. The zero-order valence-electron chi connectivity index (χ0n) is 11.3. The number of nitrogens with zero attached hydrogens (tertiary/aromatic N) is 2. The van der Waals surface area contributed by atoms with Gasteiger partial charge in [0.1, 0.15) is 5.75 Å². The average molecular weight is 247 g/mol. The van der Waals surface area contributed by atoms with Crippen LogP contribution in [0.4, 0.5) is 0 Å². The zero-order chi connectivity index (χ0) is 13.2. The summed E-state index contributed by atoms with van der Waals surface area (Å²) in [6.07, 6.45) is 0.940. The van der Waals surface area contributed by atoms with Gasteiger partial charge in [0, 0.05) is 6.54 Å². The number of likely N-dealkylation sites (N-methyl/N-ethyl adjacent to an activating group) is 1. The van der Waals surface area contributed by atoms with Crippen LogP contribution in [0.3, 0.4) is 0 Å². The Morgan fingerprint density at radius 1 is 1.39 bits per heavy atom. The number of rotatable bonds is 4. The second-order valence-corrected chi connectivity index (χ2v) is 4.94.